The number of halogens is 1. The van der Waals surface area contributed by atoms with Gasteiger partial charge in [0.25, 0.3) is 0 Å². The van der Waals surface area contributed by atoms with Crippen LogP contribution in [0, 0.1) is 5.82 Å². The predicted molar refractivity (Wildman–Crippen MR) is 104 cm³/mol. The number of carbonyl (C=O) groups is 1. The van der Waals surface area contributed by atoms with E-state index in [0.29, 0.717) is 12.1 Å². The van der Waals surface area contributed by atoms with Crippen molar-refractivity contribution in [2.75, 3.05) is 13.1 Å². The monoisotopic (exact) mass is 386 g/mol. The van der Waals surface area contributed by atoms with Crippen LogP contribution in [-0.2, 0) is 17.8 Å². The molecule has 0 aliphatic carbocycles. The topological polar surface area (TPSA) is 32.3 Å². The molecule has 0 spiro atoms. The van der Waals surface area contributed by atoms with Crippen LogP contribution in [0.25, 0.3) is 0 Å². The summed E-state index contributed by atoms with van der Waals surface area (Å²) in [6.07, 6.45) is 0.968. The minimum absolute atomic E-state index is 0.0755. The molecule has 3 heterocycles. The number of hydrogen-bond donors (Lipinski definition) is 1. The zero-order valence-electron chi connectivity index (χ0n) is 14.2. The normalized spacial score (nSPS) is 17.0. The van der Waals surface area contributed by atoms with Crippen molar-refractivity contribution in [2.24, 2.45) is 0 Å². The molecule has 6 heteroatoms. The number of hydrogen-bond acceptors (Lipinski definition) is 4. The molecule has 0 unspecified atom stereocenters. The van der Waals surface area contributed by atoms with E-state index in [9.17, 15) is 9.18 Å². The molecule has 1 aliphatic heterocycles. The average molecular weight is 387 g/mol. The molecule has 1 atom stereocenters. The molecule has 134 valence electrons. The lowest BCUT2D eigenvalue weighted by molar-refractivity contribution is -0.122. The Bertz CT molecular complexity index is 891. The quantitative estimate of drug-likeness (QED) is 0.712. The Morgan fingerprint density at radius 3 is 2.85 bits per heavy atom. The van der Waals surface area contributed by atoms with Crippen molar-refractivity contribution in [3.05, 3.63) is 79.9 Å². The second-order valence-electron chi connectivity index (χ2n) is 6.31. The lowest BCUT2D eigenvalue weighted by Gasteiger charge is -2.34. The van der Waals surface area contributed by atoms with Gasteiger partial charge in [-0.3, -0.25) is 9.69 Å². The molecule has 0 fully saturated rings. The minimum Gasteiger partial charge on any atom is -0.351 e. The first-order valence-electron chi connectivity index (χ1n) is 8.56. The van der Waals surface area contributed by atoms with Gasteiger partial charge < -0.3 is 5.32 Å². The summed E-state index contributed by atoms with van der Waals surface area (Å²) in [5, 5.41) is 7.06. The van der Waals surface area contributed by atoms with Gasteiger partial charge in [-0.2, -0.15) is 0 Å². The lowest BCUT2D eigenvalue weighted by atomic mass is 9.98. The van der Waals surface area contributed by atoms with Gasteiger partial charge in [0.1, 0.15) is 5.82 Å². The second-order valence-corrected chi connectivity index (χ2v) is 8.29. The Morgan fingerprint density at radius 1 is 1.15 bits per heavy atom. The van der Waals surface area contributed by atoms with Crippen molar-refractivity contribution in [3.8, 4) is 0 Å². The first-order valence-corrected chi connectivity index (χ1v) is 10.3. The maximum atomic E-state index is 13.7. The Labute approximate surface area is 160 Å². The summed E-state index contributed by atoms with van der Waals surface area (Å²) in [7, 11) is 0. The summed E-state index contributed by atoms with van der Waals surface area (Å²) in [4.78, 5) is 17.4. The number of fused-ring (bicyclic) bond motifs is 1. The second kappa shape index (κ2) is 7.70. The first kappa shape index (κ1) is 17.4. The molecule has 26 heavy (non-hydrogen) atoms. The third-order valence-corrected chi connectivity index (χ3v) is 6.58. The van der Waals surface area contributed by atoms with Crippen LogP contribution < -0.4 is 5.32 Å². The third kappa shape index (κ3) is 3.58. The van der Waals surface area contributed by atoms with Crippen LogP contribution in [0.3, 0.4) is 0 Å². The van der Waals surface area contributed by atoms with Gasteiger partial charge in [0.15, 0.2) is 0 Å². The molecule has 2 aromatic heterocycles. The van der Waals surface area contributed by atoms with Crippen LogP contribution in [0.4, 0.5) is 4.39 Å². The van der Waals surface area contributed by atoms with E-state index in [2.05, 4.69) is 39.2 Å². The van der Waals surface area contributed by atoms with Crippen LogP contribution in [-0.4, -0.2) is 23.9 Å². The number of nitrogens with zero attached hydrogens (tertiary/aromatic N) is 1. The van der Waals surface area contributed by atoms with Crippen LogP contribution >= 0.6 is 22.7 Å². The fourth-order valence-corrected chi connectivity index (χ4v) is 5.17. The molecule has 3 nitrogen and oxygen atoms in total. The Balaban J connectivity index is 1.46. The molecule has 3 aromatic rings. The molecular weight excluding hydrogens is 367 g/mol. The number of carbonyl (C=O) groups excluding carboxylic acids is 1. The number of benzene rings is 1. The van der Waals surface area contributed by atoms with Gasteiger partial charge in [-0.15, -0.1) is 22.7 Å². The van der Waals surface area contributed by atoms with Crippen molar-refractivity contribution < 1.29 is 9.18 Å². The van der Waals surface area contributed by atoms with E-state index >= 15 is 0 Å². The molecule has 0 saturated heterocycles. The van der Waals surface area contributed by atoms with Gasteiger partial charge in [0, 0.05) is 28.4 Å². The Morgan fingerprint density at radius 2 is 2.04 bits per heavy atom. The van der Waals surface area contributed by atoms with Crippen molar-refractivity contribution in [1.82, 2.24) is 10.2 Å². The largest absolute Gasteiger partial charge is 0.351 e. The highest BCUT2D eigenvalue weighted by molar-refractivity contribution is 7.10. The van der Waals surface area contributed by atoms with E-state index in [1.165, 1.54) is 21.4 Å². The third-order valence-electron chi connectivity index (χ3n) is 4.66. The van der Waals surface area contributed by atoms with E-state index in [0.717, 1.165) is 13.0 Å². The zero-order valence-corrected chi connectivity index (χ0v) is 15.8. The van der Waals surface area contributed by atoms with Crippen LogP contribution in [0.2, 0.25) is 0 Å². The van der Waals surface area contributed by atoms with E-state index in [4.69, 9.17) is 0 Å². The zero-order chi connectivity index (χ0) is 17.9. The standard InChI is InChI=1S/C20H19FN2OS2/c21-16-5-2-1-4-14(16)12-22-19(24)13-23-9-7-17-15(8-11-26-17)20(23)18-6-3-10-25-18/h1-6,8,10-11,20H,7,9,12-13H2,(H,22,24)/t20-/m1/s1. The molecule has 1 N–H and O–H groups in total. The lowest BCUT2D eigenvalue weighted by Crippen LogP contribution is -2.42. The summed E-state index contributed by atoms with van der Waals surface area (Å²) in [6.45, 7) is 1.38. The molecule has 1 amide bonds. The van der Waals surface area contributed by atoms with E-state index in [-0.39, 0.29) is 24.3 Å². The fraction of sp³-hybridized carbons (Fsp3) is 0.250. The first-order chi connectivity index (χ1) is 12.7. The van der Waals surface area contributed by atoms with Gasteiger partial charge in [0.05, 0.1) is 12.6 Å². The molecule has 1 aliphatic rings. The van der Waals surface area contributed by atoms with Gasteiger partial charge in [-0.25, -0.2) is 4.39 Å². The molecule has 0 saturated carbocycles. The molecule has 0 radical (unpaired) electrons. The highest BCUT2D eigenvalue weighted by atomic mass is 32.1. The summed E-state index contributed by atoms with van der Waals surface area (Å²) >= 11 is 3.51. The number of rotatable bonds is 5. The predicted octanol–water partition coefficient (Wildman–Crippen LogP) is 4.21. The summed E-state index contributed by atoms with van der Waals surface area (Å²) < 4.78 is 13.7. The summed E-state index contributed by atoms with van der Waals surface area (Å²) in [5.74, 6) is -0.362. The molecule has 4 rings (SSSR count). The van der Waals surface area contributed by atoms with Crippen LogP contribution in [0.1, 0.15) is 26.9 Å². The van der Waals surface area contributed by atoms with Gasteiger partial charge in [0.2, 0.25) is 5.91 Å². The van der Waals surface area contributed by atoms with Crippen LogP contribution in [0.5, 0.6) is 0 Å². The average Bonchev–Trinajstić information content (AvgIpc) is 3.32. The Hall–Kier alpha value is -2.02. The van der Waals surface area contributed by atoms with Crippen molar-refractivity contribution in [3.63, 3.8) is 0 Å². The molecular formula is C20H19FN2OS2. The van der Waals surface area contributed by atoms with Crippen molar-refractivity contribution in [1.29, 1.82) is 0 Å². The van der Waals surface area contributed by atoms with E-state index in [1.807, 2.05) is 0 Å². The maximum Gasteiger partial charge on any atom is 0.234 e. The van der Waals surface area contributed by atoms with Crippen molar-refractivity contribution >= 4 is 28.6 Å². The van der Waals surface area contributed by atoms with Crippen LogP contribution in [0.15, 0.2) is 53.2 Å². The fourth-order valence-electron chi connectivity index (χ4n) is 3.39. The van der Waals surface area contributed by atoms with Crippen molar-refractivity contribution in [2.45, 2.75) is 19.0 Å². The SMILES string of the molecule is O=C(CN1CCc2sccc2[C@@H]1c1cccs1)NCc1ccccc1F. The van der Waals surface area contributed by atoms with E-state index in [1.54, 1.807) is 40.9 Å². The van der Waals surface area contributed by atoms with Gasteiger partial charge in [-0.1, -0.05) is 24.3 Å². The number of amides is 1. The molecule has 1 aromatic carbocycles. The summed E-state index contributed by atoms with van der Waals surface area (Å²) in [5.41, 5.74) is 1.82. The highest BCUT2D eigenvalue weighted by Crippen LogP contribution is 2.39. The Kier molecular flexibility index (Phi) is 5.15. The maximum absolute atomic E-state index is 13.7. The van der Waals surface area contributed by atoms with E-state index < -0.39 is 0 Å². The molecule has 0 bridgehead atoms. The smallest absolute Gasteiger partial charge is 0.234 e. The minimum atomic E-state index is -0.287. The number of thiophene rings is 2. The van der Waals surface area contributed by atoms with Gasteiger partial charge >= 0.3 is 0 Å². The highest BCUT2D eigenvalue weighted by Gasteiger charge is 2.31. The summed E-state index contributed by atoms with van der Waals surface area (Å²) in [6, 6.07) is 13.0. The number of nitrogens with one attached hydrogen (secondary N) is 1. The van der Waals surface area contributed by atoms with Gasteiger partial charge in [-0.05, 0) is 40.9 Å².